The van der Waals surface area contributed by atoms with Gasteiger partial charge in [-0.3, -0.25) is 9.59 Å². The first-order chi connectivity index (χ1) is 6.13. The normalized spacial score (nSPS) is 12.5. The molecule has 13 heavy (non-hydrogen) atoms. The molecule has 0 aliphatic carbocycles. The highest BCUT2D eigenvalue weighted by atomic mass is 16.1. The van der Waals surface area contributed by atoms with Crippen LogP contribution >= 0.6 is 0 Å². The summed E-state index contributed by atoms with van der Waals surface area (Å²) in [4.78, 5) is 22.6. The van der Waals surface area contributed by atoms with Crippen LogP contribution in [0.15, 0.2) is 0 Å². The molecule has 0 amide bonds. The third-order valence-corrected chi connectivity index (χ3v) is 2.23. The lowest BCUT2D eigenvalue weighted by atomic mass is 9.92. The molecule has 1 unspecified atom stereocenters. The third-order valence-electron chi connectivity index (χ3n) is 2.23. The van der Waals surface area contributed by atoms with E-state index in [1.54, 1.807) is 0 Å². The second kappa shape index (κ2) is 6.81. The Bertz CT molecular complexity index is 173. The molecule has 0 bridgehead atoms. The topological polar surface area (TPSA) is 34.1 Å². The van der Waals surface area contributed by atoms with Crippen molar-refractivity contribution in [3.8, 4) is 0 Å². The predicted octanol–water partition coefficient (Wildman–Crippen LogP) is 2.75. The molecule has 0 saturated carbocycles. The molecule has 0 saturated heterocycles. The first-order valence-corrected chi connectivity index (χ1v) is 5.16. The van der Waals surface area contributed by atoms with Gasteiger partial charge >= 0.3 is 0 Å². The molecule has 1 atom stereocenters. The number of hydrogen-bond acceptors (Lipinski definition) is 2. The molecule has 0 aliphatic rings. The van der Waals surface area contributed by atoms with E-state index >= 15 is 0 Å². The Balaban J connectivity index is 4.03. The number of Topliss-reactive ketones (excluding diaryl/α,β-unsaturated/α-hetero) is 2. The fourth-order valence-electron chi connectivity index (χ4n) is 1.40. The van der Waals surface area contributed by atoms with Crippen LogP contribution in [-0.4, -0.2) is 11.6 Å². The van der Waals surface area contributed by atoms with Crippen LogP contribution in [0, 0.1) is 5.92 Å². The Morgan fingerprint density at radius 3 is 2.15 bits per heavy atom. The summed E-state index contributed by atoms with van der Waals surface area (Å²) in [6.45, 7) is 5.57. The average Bonchev–Trinajstić information content (AvgIpc) is 2.09. The molecule has 0 aromatic carbocycles. The maximum absolute atomic E-state index is 11.5. The van der Waals surface area contributed by atoms with Crippen molar-refractivity contribution in [3.63, 3.8) is 0 Å². The van der Waals surface area contributed by atoms with Gasteiger partial charge in [-0.1, -0.05) is 26.7 Å². The van der Waals surface area contributed by atoms with Gasteiger partial charge in [0, 0.05) is 6.42 Å². The molecule has 2 nitrogen and oxygen atoms in total. The maximum Gasteiger partial charge on any atom is 0.143 e. The van der Waals surface area contributed by atoms with Crippen LogP contribution in [0.5, 0.6) is 0 Å². The summed E-state index contributed by atoms with van der Waals surface area (Å²) < 4.78 is 0. The fourth-order valence-corrected chi connectivity index (χ4v) is 1.40. The standard InChI is InChI=1S/C11H20O2/c1-4-6-8-11(13)10(7-5-2)9(3)12/h10H,4-8H2,1-3H3. The number of carbonyl (C=O) groups is 2. The Labute approximate surface area is 80.7 Å². The van der Waals surface area contributed by atoms with Crippen LogP contribution in [0.3, 0.4) is 0 Å². The van der Waals surface area contributed by atoms with Gasteiger partial charge in [0.25, 0.3) is 0 Å². The molecule has 0 aliphatic heterocycles. The summed E-state index contributed by atoms with van der Waals surface area (Å²) in [5.74, 6) is -0.157. The fraction of sp³-hybridized carbons (Fsp3) is 0.818. The lowest BCUT2D eigenvalue weighted by molar-refractivity contribution is -0.131. The first-order valence-electron chi connectivity index (χ1n) is 5.16. The van der Waals surface area contributed by atoms with Crippen LogP contribution in [0.4, 0.5) is 0 Å². The Morgan fingerprint density at radius 1 is 1.15 bits per heavy atom. The highest BCUT2D eigenvalue weighted by Crippen LogP contribution is 2.12. The smallest absolute Gasteiger partial charge is 0.143 e. The van der Waals surface area contributed by atoms with Crippen molar-refractivity contribution in [2.45, 2.75) is 52.9 Å². The minimum Gasteiger partial charge on any atom is -0.299 e. The number of hydrogen-bond donors (Lipinski definition) is 0. The van der Waals surface area contributed by atoms with Gasteiger partial charge in [-0.15, -0.1) is 0 Å². The largest absolute Gasteiger partial charge is 0.299 e. The van der Waals surface area contributed by atoms with E-state index in [2.05, 4.69) is 6.92 Å². The van der Waals surface area contributed by atoms with Gasteiger partial charge in [0.2, 0.25) is 0 Å². The van der Waals surface area contributed by atoms with Crippen molar-refractivity contribution >= 4 is 11.6 Å². The number of unbranched alkanes of at least 4 members (excludes halogenated alkanes) is 1. The van der Waals surface area contributed by atoms with Gasteiger partial charge in [-0.25, -0.2) is 0 Å². The molecule has 0 radical (unpaired) electrons. The van der Waals surface area contributed by atoms with Crippen LogP contribution in [-0.2, 0) is 9.59 Å². The zero-order chi connectivity index (χ0) is 10.3. The summed E-state index contributed by atoms with van der Waals surface area (Å²) >= 11 is 0. The monoisotopic (exact) mass is 184 g/mol. The molecular weight excluding hydrogens is 164 g/mol. The lowest BCUT2D eigenvalue weighted by Gasteiger charge is -2.10. The molecule has 0 rings (SSSR count). The van der Waals surface area contributed by atoms with Crippen molar-refractivity contribution in [2.75, 3.05) is 0 Å². The lowest BCUT2D eigenvalue weighted by Crippen LogP contribution is -2.21. The van der Waals surface area contributed by atoms with E-state index in [0.29, 0.717) is 6.42 Å². The molecule has 0 aromatic heterocycles. The minimum absolute atomic E-state index is 0.0305. The summed E-state index contributed by atoms with van der Waals surface area (Å²) in [6.07, 6.45) is 4.12. The van der Waals surface area contributed by atoms with Crippen molar-refractivity contribution in [1.82, 2.24) is 0 Å². The molecule has 0 heterocycles. The maximum atomic E-state index is 11.5. The van der Waals surface area contributed by atoms with E-state index in [-0.39, 0.29) is 17.5 Å². The van der Waals surface area contributed by atoms with Gasteiger partial charge in [-0.2, -0.15) is 0 Å². The number of ketones is 2. The highest BCUT2D eigenvalue weighted by molar-refractivity contribution is 6.01. The third kappa shape index (κ3) is 4.81. The number of carbonyl (C=O) groups excluding carboxylic acids is 2. The van der Waals surface area contributed by atoms with E-state index in [4.69, 9.17) is 0 Å². The molecule has 76 valence electrons. The average molecular weight is 184 g/mol. The first kappa shape index (κ1) is 12.3. The van der Waals surface area contributed by atoms with Crippen LogP contribution in [0.1, 0.15) is 52.9 Å². The molecule has 0 spiro atoms. The number of rotatable bonds is 7. The van der Waals surface area contributed by atoms with Crippen LogP contribution < -0.4 is 0 Å². The SMILES string of the molecule is CCCCC(=O)C(CCC)C(C)=O. The second-order valence-corrected chi connectivity index (χ2v) is 3.52. The van der Waals surface area contributed by atoms with Crippen molar-refractivity contribution in [2.24, 2.45) is 5.92 Å². The molecular formula is C11H20O2. The van der Waals surface area contributed by atoms with Gasteiger partial charge in [0.05, 0.1) is 5.92 Å². The zero-order valence-electron chi connectivity index (χ0n) is 8.93. The summed E-state index contributed by atoms with van der Waals surface area (Å²) in [6, 6.07) is 0. The van der Waals surface area contributed by atoms with Gasteiger partial charge in [0.1, 0.15) is 11.6 Å². The van der Waals surface area contributed by atoms with Crippen molar-refractivity contribution in [1.29, 1.82) is 0 Å². The van der Waals surface area contributed by atoms with E-state index in [9.17, 15) is 9.59 Å². The van der Waals surface area contributed by atoms with Crippen LogP contribution in [0.25, 0.3) is 0 Å². The predicted molar refractivity (Wildman–Crippen MR) is 53.6 cm³/mol. The Morgan fingerprint density at radius 2 is 1.77 bits per heavy atom. The van der Waals surface area contributed by atoms with Gasteiger partial charge in [-0.05, 0) is 19.8 Å². The Hall–Kier alpha value is -0.660. The van der Waals surface area contributed by atoms with Gasteiger partial charge in [0.15, 0.2) is 0 Å². The van der Waals surface area contributed by atoms with E-state index in [1.807, 2.05) is 6.92 Å². The molecule has 0 N–H and O–H groups in total. The second-order valence-electron chi connectivity index (χ2n) is 3.52. The molecule has 0 aromatic rings. The summed E-state index contributed by atoms with van der Waals surface area (Å²) in [5.41, 5.74) is 0. The van der Waals surface area contributed by atoms with E-state index in [1.165, 1.54) is 6.92 Å². The van der Waals surface area contributed by atoms with Crippen molar-refractivity contribution < 1.29 is 9.59 Å². The quantitative estimate of drug-likeness (QED) is 0.570. The minimum atomic E-state index is -0.323. The van der Waals surface area contributed by atoms with Crippen molar-refractivity contribution in [3.05, 3.63) is 0 Å². The summed E-state index contributed by atoms with van der Waals surface area (Å²) in [5, 5.41) is 0. The van der Waals surface area contributed by atoms with E-state index < -0.39 is 0 Å². The Kier molecular flexibility index (Phi) is 6.47. The zero-order valence-corrected chi connectivity index (χ0v) is 8.93. The van der Waals surface area contributed by atoms with Crippen LogP contribution in [0.2, 0.25) is 0 Å². The van der Waals surface area contributed by atoms with E-state index in [0.717, 1.165) is 25.7 Å². The molecule has 0 fully saturated rings. The highest BCUT2D eigenvalue weighted by Gasteiger charge is 2.20. The molecule has 2 heteroatoms. The van der Waals surface area contributed by atoms with Gasteiger partial charge < -0.3 is 0 Å². The summed E-state index contributed by atoms with van der Waals surface area (Å²) in [7, 11) is 0.